The predicted molar refractivity (Wildman–Crippen MR) is 78.0 cm³/mol. The third-order valence-corrected chi connectivity index (χ3v) is 4.66. The minimum Gasteiger partial charge on any atom is -0.263 e. The van der Waals surface area contributed by atoms with Gasteiger partial charge in [0, 0.05) is 17.3 Å². The summed E-state index contributed by atoms with van der Waals surface area (Å²) in [7, 11) is -3.79. The van der Waals surface area contributed by atoms with Crippen molar-refractivity contribution in [2.45, 2.75) is 4.90 Å². The Balaban J connectivity index is 2.02. The first-order chi connectivity index (χ1) is 9.56. The molecule has 0 atom stereocenters. The molecule has 0 saturated heterocycles. The highest BCUT2D eigenvalue weighted by Crippen LogP contribution is 2.37. The molecule has 1 aromatic carbocycles. The first kappa shape index (κ1) is 13.2. The normalized spacial score (nSPS) is 12.8. The Morgan fingerprint density at radius 1 is 1.20 bits per heavy atom. The van der Waals surface area contributed by atoms with Crippen LogP contribution in [0.25, 0.3) is 0 Å². The molecule has 0 aliphatic carbocycles. The number of hydrogen-bond donors (Lipinski definition) is 1. The average Bonchev–Trinajstić information content (AvgIpc) is 2.85. The van der Waals surface area contributed by atoms with Gasteiger partial charge < -0.3 is 0 Å². The second-order valence-corrected chi connectivity index (χ2v) is 6.47. The first-order valence-electron chi connectivity index (χ1n) is 5.42. The number of fused-ring (bicyclic) bond motifs is 1. The van der Waals surface area contributed by atoms with Crippen molar-refractivity contribution in [1.82, 2.24) is 4.98 Å². The van der Waals surface area contributed by atoms with Crippen molar-refractivity contribution in [2.24, 2.45) is 8.73 Å². The molecule has 0 unspecified atom stereocenters. The lowest BCUT2D eigenvalue weighted by Gasteiger charge is -2.09. The van der Waals surface area contributed by atoms with Gasteiger partial charge in [0.1, 0.15) is 22.1 Å². The lowest BCUT2D eigenvalue weighted by atomic mass is 10.3. The van der Waals surface area contributed by atoms with E-state index in [-0.39, 0.29) is 10.7 Å². The molecule has 0 saturated carbocycles. The van der Waals surface area contributed by atoms with Gasteiger partial charge in [-0.15, -0.1) is 0 Å². The van der Waals surface area contributed by atoms with Gasteiger partial charge in [-0.05, 0) is 18.2 Å². The second kappa shape index (κ2) is 4.97. The summed E-state index contributed by atoms with van der Waals surface area (Å²) in [5.41, 5.74) is 0.879. The number of pyridine rings is 1. The fourth-order valence-corrected chi connectivity index (χ4v) is 3.58. The molecule has 9 heteroatoms. The smallest absolute Gasteiger partial charge is 0.263 e. The molecule has 2 aromatic rings. The van der Waals surface area contributed by atoms with Gasteiger partial charge in [0.25, 0.3) is 10.0 Å². The highest BCUT2D eigenvalue weighted by Gasteiger charge is 2.22. The monoisotopic (exact) mass is 326 g/mol. The molecule has 0 fully saturated rings. The number of halogens is 1. The SMILES string of the molecule is O=S(=O)(Nc1cc(Cl)ccn1)c1cccc2c1N=S=N2. The Kier molecular flexibility index (Phi) is 3.28. The van der Waals surface area contributed by atoms with Crippen molar-refractivity contribution < 1.29 is 8.42 Å². The van der Waals surface area contributed by atoms with E-state index in [0.717, 1.165) is 11.4 Å². The molecule has 0 radical (unpaired) electrons. The lowest BCUT2D eigenvalue weighted by Crippen LogP contribution is -2.13. The van der Waals surface area contributed by atoms with E-state index >= 15 is 0 Å². The number of rotatable bonds is 3. The minimum atomic E-state index is -3.79. The van der Waals surface area contributed by atoms with Crippen LogP contribution in [0.5, 0.6) is 0 Å². The van der Waals surface area contributed by atoms with Crippen molar-refractivity contribution in [3.63, 3.8) is 0 Å². The van der Waals surface area contributed by atoms with E-state index < -0.39 is 10.0 Å². The molecule has 102 valence electrons. The van der Waals surface area contributed by atoms with Crippen molar-refractivity contribution in [3.8, 4) is 0 Å². The average molecular weight is 327 g/mol. The summed E-state index contributed by atoms with van der Waals surface area (Å²) >= 11 is 6.76. The molecule has 20 heavy (non-hydrogen) atoms. The zero-order valence-corrected chi connectivity index (χ0v) is 12.2. The van der Waals surface area contributed by atoms with Crippen molar-refractivity contribution >= 4 is 50.2 Å². The van der Waals surface area contributed by atoms with Crippen LogP contribution >= 0.6 is 11.6 Å². The number of benzene rings is 1. The Bertz CT molecular complexity index is 860. The molecular weight excluding hydrogens is 320 g/mol. The van der Waals surface area contributed by atoms with Crippen LogP contribution in [0.4, 0.5) is 17.2 Å². The highest BCUT2D eigenvalue weighted by molar-refractivity contribution is 7.93. The van der Waals surface area contributed by atoms with Crippen molar-refractivity contribution in [3.05, 3.63) is 41.6 Å². The summed E-state index contributed by atoms with van der Waals surface area (Å²) in [5, 5.41) is 0.395. The van der Waals surface area contributed by atoms with Crippen LogP contribution < -0.4 is 4.72 Å². The Hall–Kier alpha value is -1.77. The summed E-state index contributed by atoms with van der Waals surface area (Å²) in [6.45, 7) is 0. The van der Waals surface area contributed by atoms with Crippen LogP contribution in [0.1, 0.15) is 0 Å². The van der Waals surface area contributed by atoms with Gasteiger partial charge in [-0.2, -0.15) is 8.73 Å². The first-order valence-corrected chi connectivity index (χ1v) is 8.01. The van der Waals surface area contributed by atoms with Crippen LogP contribution in [0, 0.1) is 0 Å². The summed E-state index contributed by atoms with van der Waals surface area (Å²) in [4.78, 5) is 3.97. The highest BCUT2D eigenvalue weighted by atomic mass is 35.5. The van der Waals surface area contributed by atoms with Crippen molar-refractivity contribution in [1.29, 1.82) is 0 Å². The van der Waals surface area contributed by atoms with E-state index in [1.165, 1.54) is 18.3 Å². The van der Waals surface area contributed by atoms with Gasteiger partial charge in [-0.3, -0.25) is 4.72 Å². The number of sulfonamides is 1. The second-order valence-electron chi connectivity index (χ2n) is 3.85. The number of hydrogen-bond acceptors (Lipinski definition) is 5. The van der Waals surface area contributed by atoms with E-state index in [1.54, 1.807) is 18.2 Å². The van der Waals surface area contributed by atoms with E-state index in [9.17, 15) is 8.42 Å². The maximum atomic E-state index is 12.4. The molecule has 1 aliphatic rings. The maximum Gasteiger partial charge on any atom is 0.265 e. The molecule has 1 aliphatic heterocycles. The minimum absolute atomic E-state index is 0.0607. The summed E-state index contributed by atoms with van der Waals surface area (Å²) < 4.78 is 35.1. The van der Waals surface area contributed by atoms with E-state index in [0.29, 0.717) is 16.4 Å². The fraction of sp³-hybridized carbons (Fsp3) is 0. The number of aromatic nitrogens is 1. The van der Waals surface area contributed by atoms with Crippen LogP contribution in [-0.4, -0.2) is 13.4 Å². The predicted octanol–water partition coefficient (Wildman–Crippen LogP) is 3.26. The summed E-state index contributed by atoms with van der Waals surface area (Å²) in [6.07, 6.45) is 1.42. The largest absolute Gasteiger partial charge is 0.265 e. The van der Waals surface area contributed by atoms with Crippen LogP contribution in [0.15, 0.2) is 50.1 Å². The van der Waals surface area contributed by atoms with Gasteiger partial charge >= 0.3 is 0 Å². The molecule has 1 aromatic heterocycles. The molecule has 0 spiro atoms. The van der Waals surface area contributed by atoms with E-state index in [1.807, 2.05) is 0 Å². The van der Waals surface area contributed by atoms with Gasteiger partial charge in [0.2, 0.25) is 0 Å². The lowest BCUT2D eigenvalue weighted by molar-refractivity contribution is 0.601. The number of anilines is 1. The van der Waals surface area contributed by atoms with Crippen molar-refractivity contribution in [2.75, 3.05) is 4.72 Å². The van der Waals surface area contributed by atoms with E-state index in [4.69, 9.17) is 11.6 Å². The molecule has 3 rings (SSSR count). The number of nitrogens with one attached hydrogen (secondary N) is 1. The van der Waals surface area contributed by atoms with Crippen LogP contribution in [-0.2, 0) is 21.4 Å². The molecule has 2 heterocycles. The zero-order chi connectivity index (χ0) is 14.2. The van der Waals surface area contributed by atoms with Gasteiger partial charge in [0.05, 0.1) is 11.4 Å². The summed E-state index contributed by atoms with van der Waals surface area (Å²) in [5.74, 6) is 0.151. The summed E-state index contributed by atoms with van der Waals surface area (Å²) in [6, 6.07) is 7.78. The quantitative estimate of drug-likeness (QED) is 0.801. The van der Waals surface area contributed by atoms with Gasteiger partial charge in [0.15, 0.2) is 0 Å². The van der Waals surface area contributed by atoms with Gasteiger partial charge in [-0.1, -0.05) is 17.7 Å². The Labute approximate surface area is 123 Å². The molecule has 1 N–H and O–H groups in total. The Morgan fingerprint density at radius 2 is 2.05 bits per heavy atom. The van der Waals surface area contributed by atoms with Crippen LogP contribution in [0.3, 0.4) is 0 Å². The topological polar surface area (TPSA) is 83.8 Å². The molecule has 0 amide bonds. The number of nitrogens with zero attached hydrogens (tertiary/aromatic N) is 3. The van der Waals surface area contributed by atoms with Crippen LogP contribution in [0.2, 0.25) is 5.02 Å². The Morgan fingerprint density at radius 3 is 2.85 bits per heavy atom. The maximum absolute atomic E-state index is 12.4. The third kappa shape index (κ3) is 2.45. The standard InChI is InChI=1S/C11H7ClN4O2S2/c12-7-4-5-13-10(6-7)16-20(17,18)9-3-1-2-8-11(9)15-19-14-8/h1-6H,(H,13,16). The third-order valence-electron chi connectivity index (χ3n) is 2.50. The van der Waals surface area contributed by atoms with Gasteiger partial charge in [-0.25, -0.2) is 13.4 Å². The van der Waals surface area contributed by atoms with E-state index in [2.05, 4.69) is 18.4 Å². The molecular formula is C11H7ClN4O2S2. The zero-order valence-electron chi connectivity index (χ0n) is 9.82. The molecule has 6 nitrogen and oxygen atoms in total. The fourth-order valence-electron chi connectivity index (χ4n) is 1.65. The molecule has 0 bridgehead atoms.